The van der Waals surface area contributed by atoms with Crippen LogP contribution >= 0.6 is 0 Å². The van der Waals surface area contributed by atoms with Gasteiger partial charge in [-0.3, -0.25) is 9.59 Å². The van der Waals surface area contributed by atoms with Crippen molar-refractivity contribution >= 4 is 17.8 Å². The number of benzene rings is 4. The number of ether oxygens (including phenoxy) is 1. The molecule has 0 aliphatic carbocycles. The number of aliphatic hydroxyl groups excluding tert-OH is 1. The SMILES string of the molecule is O=C(/C=C/c1ccccc1)C1=C(O)C(=O)N(CCc2ccccc2)C1c1cccc(OCc2ccccc2)c1. The van der Waals surface area contributed by atoms with Gasteiger partial charge in [-0.05, 0) is 46.9 Å². The molecule has 5 nitrogen and oxygen atoms in total. The Hall–Kier alpha value is -4.90. The molecule has 5 heteroatoms. The van der Waals surface area contributed by atoms with Crippen LogP contribution in [0.5, 0.6) is 5.75 Å². The molecule has 0 saturated heterocycles. The Morgan fingerprint density at radius 1 is 0.821 bits per heavy atom. The summed E-state index contributed by atoms with van der Waals surface area (Å²) in [6.07, 6.45) is 3.69. The van der Waals surface area contributed by atoms with Gasteiger partial charge in [0.15, 0.2) is 11.5 Å². The third kappa shape index (κ3) is 6.16. The van der Waals surface area contributed by atoms with Crippen molar-refractivity contribution in [3.63, 3.8) is 0 Å². The number of aliphatic hydroxyl groups is 1. The Kier molecular flexibility index (Phi) is 7.98. The lowest BCUT2D eigenvalue weighted by Gasteiger charge is -2.27. The van der Waals surface area contributed by atoms with Gasteiger partial charge < -0.3 is 14.7 Å². The predicted octanol–water partition coefficient (Wildman–Crippen LogP) is 6.49. The number of amides is 1. The topological polar surface area (TPSA) is 66.8 Å². The van der Waals surface area contributed by atoms with Gasteiger partial charge in [-0.15, -0.1) is 0 Å². The summed E-state index contributed by atoms with van der Waals surface area (Å²) >= 11 is 0. The molecule has 1 unspecified atom stereocenters. The maximum Gasteiger partial charge on any atom is 0.290 e. The molecule has 1 atom stereocenters. The zero-order valence-corrected chi connectivity index (χ0v) is 21.4. The molecule has 0 radical (unpaired) electrons. The van der Waals surface area contributed by atoms with Gasteiger partial charge >= 0.3 is 0 Å². The summed E-state index contributed by atoms with van der Waals surface area (Å²) in [6, 6.07) is 35.7. The van der Waals surface area contributed by atoms with Crippen molar-refractivity contribution in [2.75, 3.05) is 6.54 Å². The van der Waals surface area contributed by atoms with Crippen molar-refractivity contribution in [2.24, 2.45) is 0 Å². The highest BCUT2D eigenvalue weighted by Crippen LogP contribution is 2.39. The lowest BCUT2D eigenvalue weighted by atomic mass is 9.95. The van der Waals surface area contributed by atoms with Gasteiger partial charge in [-0.25, -0.2) is 0 Å². The Morgan fingerprint density at radius 3 is 2.15 bits per heavy atom. The Morgan fingerprint density at radius 2 is 1.46 bits per heavy atom. The summed E-state index contributed by atoms with van der Waals surface area (Å²) in [5.74, 6) is -0.855. The molecule has 0 bridgehead atoms. The molecule has 0 fully saturated rings. The molecule has 0 saturated carbocycles. The molecule has 1 heterocycles. The molecule has 1 N–H and O–H groups in total. The van der Waals surface area contributed by atoms with Crippen molar-refractivity contribution in [3.8, 4) is 5.75 Å². The minimum Gasteiger partial charge on any atom is -0.503 e. The third-order valence-electron chi connectivity index (χ3n) is 6.70. The Bertz CT molecular complexity index is 1490. The van der Waals surface area contributed by atoms with E-state index < -0.39 is 23.5 Å². The van der Waals surface area contributed by atoms with E-state index >= 15 is 0 Å². The fraction of sp³-hybridized carbons (Fsp3) is 0.118. The van der Waals surface area contributed by atoms with Crippen molar-refractivity contribution in [2.45, 2.75) is 19.1 Å². The predicted molar refractivity (Wildman–Crippen MR) is 152 cm³/mol. The van der Waals surface area contributed by atoms with Gasteiger partial charge in [-0.2, -0.15) is 0 Å². The minimum atomic E-state index is -0.741. The van der Waals surface area contributed by atoms with Crippen LogP contribution in [0.15, 0.2) is 133 Å². The van der Waals surface area contributed by atoms with E-state index in [-0.39, 0.29) is 5.57 Å². The molecule has 0 spiro atoms. The first-order valence-electron chi connectivity index (χ1n) is 12.9. The van der Waals surface area contributed by atoms with Crippen LogP contribution in [-0.2, 0) is 22.6 Å². The molecule has 1 aliphatic rings. The first-order chi connectivity index (χ1) is 19.1. The van der Waals surface area contributed by atoms with Crippen LogP contribution in [0.2, 0.25) is 0 Å². The number of ketones is 1. The molecule has 1 aliphatic heterocycles. The summed E-state index contributed by atoms with van der Waals surface area (Å²) in [5, 5.41) is 10.9. The highest BCUT2D eigenvalue weighted by molar-refractivity contribution is 6.14. The van der Waals surface area contributed by atoms with Crippen molar-refractivity contribution in [1.29, 1.82) is 0 Å². The van der Waals surface area contributed by atoms with Gasteiger partial charge in [0.05, 0.1) is 11.6 Å². The molecule has 39 heavy (non-hydrogen) atoms. The molecular weight excluding hydrogens is 486 g/mol. The molecule has 1 amide bonds. The van der Waals surface area contributed by atoms with E-state index in [1.807, 2.05) is 115 Å². The van der Waals surface area contributed by atoms with E-state index in [4.69, 9.17) is 4.74 Å². The van der Waals surface area contributed by atoms with Gasteiger partial charge in [0.2, 0.25) is 0 Å². The first-order valence-corrected chi connectivity index (χ1v) is 12.9. The lowest BCUT2D eigenvalue weighted by Crippen LogP contribution is -2.33. The van der Waals surface area contributed by atoms with E-state index in [0.29, 0.717) is 30.9 Å². The highest BCUT2D eigenvalue weighted by Gasteiger charge is 2.42. The first kappa shape index (κ1) is 25.7. The lowest BCUT2D eigenvalue weighted by molar-refractivity contribution is -0.129. The number of nitrogens with zero attached hydrogens (tertiary/aromatic N) is 1. The summed E-state index contributed by atoms with van der Waals surface area (Å²) in [5.41, 5.74) is 3.71. The molecular formula is C34H29NO4. The second-order valence-corrected chi connectivity index (χ2v) is 9.35. The molecule has 194 valence electrons. The second kappa shape index (κ2) is 12.1. The number of carbonyl (C=O) groups excluding carboxylic acids is 2. The maximum absolute atomic E-state index is 13.5. The third-order valence-corrected chi connectivity index (χ3v) is 6.70. The monoisotopic (exact) mass is 515 g/mol. The molecule has 4 aromatic rings. The van der Waals surface area contributed by atoms with Gasteiger partial charge in [0.25, 0.3) is 5.91 Å². The van der Waals surface area contributed by atoms with E-state index in [1.54, 1.807) is 11.0 Å². The van der Waals surface area contributed by atoms with Crippen LogP contribution in [0.25, 0.3) is 6.08 Å². The van der Waals surface area contributed by atoms with Crippen molar-refractivity contribution in [1.82, 2.24) is 4.90 Å². The second-order valence-electron chi connectivity index (χ2n) is 9.35. The zero-order valence-electron chi connectivity index (χ0n) is 21.4. The van der Waals surface area contributed by atoms with Crippen LogP contribution in [0, 0.1) is 0 Å². The summed E-state index contributed by atoms with van der Waals surface area (Å²) < 4.78 is 6.03. The van der Waals surface area contributed by atoms with Crippen LogP contribution < -0.4 is 4.74 Å². The summed E-state index contributed by atoms with van der Waals surface area (Å²) in [7, 11) is 0. The van der Waals surface area contributed by atoms with Crippen LogP contribution in [0.3, 0.4) is 0 Å². The fourth-order valence-electron chi connectivity index (χ4n) is 4.72. The van der Waals surface area contributed by atoms with Crippen LogP contribution in [0.1, 0.15) is 28.3 Å². The molecule has 0 aromatic heterocycles. The normalized spacial score (nSPS) is 15.2. The summed E-state index contributed by atoms with van der Waals surface area (Å²) in [6.45, 7) is 0.726. The summed E-state index contributed by atoms with van der Waals surface area (Å²) in [4.78, 5) is 28.3. The fourth-order valence-corrected chi connectivity index (χ4v) is 4.72. The van der Waals surface area contributed by atoms with E-state index in [0.717, 1.165) is 16.7 Å². The number of carbonyl (C=O) groups is 2. The van der Waals surface area contributed by atoms with Crippen molar-refractivity contribution < 1.29 is 19.4 Å². The zero-order chi connectivity index (χ0) is 27.0. The maximum atomic E-state index is 13.5. The Labute approximate surface area is 228 Å². The van der Waals surface area contributed by atoms with E-state index in [2.05, 4.69) is 0 Å². The largest absolute Gasteiger partial charge is 0.503 e. The van der Waals surface area contributed by atoms with Crippen LogP contribution in [-0.4, -0.2) is 28.2 Å². The quantitative estimate of drug-likeness (QED) is 0.245. The number of allylic oxidation sites excluding steroid dienone is 1. The van der Waals surface area contributed by atoms with Gasteiger partial charge in [-0.1, -0.05) is 109 Å². The van der Waals surface area contributed by atoms with Gasteiger partial charge in [0.1, 0.15) is 12.4 Å². The van der Waals surface area contributed by atoms with Crippen molar-refractivity contribution in [3.05, 3.63) is 155 Å². The smallest absolute Gasteiger partial charge is 0.290 e. The average Bonchev–Trinajstić information content (AvgIpc) is 3.24. The van der Waals surface area contributed by atoms with Crippen LogP contribution in [0.4, 0.5) is 0 Å². The van der Waals surface area contributed by atoms with Gasteiger partial charge in [0, 0.05) is 6.54 Å². The standard InChI is InChI=1S/C34H29NO4/c36-30(20-19-25-11-4-1-5-12-25)31-32(35(34(38)33(31)37)22-21-26-13-6-2-7-14-26)28-17-10-18-29(23-28)39-24-27-15-8-3-9-16-27/h1-20,23,32,37H,21-22,24H2/b20-19+. The average molecular weight is 516 g/mol. The van der Waals surface area contributed by atoms with E-state index in [9.17, 15) is 14.7 Å². The number of hydrogen-bond donors (Lipinski definition) is 1. The number of rotatable bonds is 10. The van der Waals surface area contributed by atoms with E-state index in [1.165, 1.54) is 6.08 Å². The number of hydrogen-bond acceptors (Lipinski definition) is 4. The Balaban J connectivity index is 1.45. The molecule has 4 aromatic carbocycles. The molecule has 5 rings (SSSR count). The minimum absolute atomic E-state index is 0.0699. The highest BCUT2D eigenvalue weighted by atomic mass is 16.5.